The van der Waals surface area contributed by atoms with E-state index in [1.807, 2.05) is 7.05 Å². The molecule has 0 atom stereocenters. The molecule has 0 fully saturated rings. The Morgan fingerprint density at radius 2 is 2.00 bits per heavy atom. The Morgan fingerprint density at radius 1 is 1.14 bits per heavy atom. The molecule has 0 saturated carbocycles. The molecule has 0 saturated heterocycles. The SMILES string of the molecule is CN1CN=C2C1=CN(CCCCc1nnnn1C)CN2C. The summed E-state index contributed by atoms with van der Waals surface area (Å²) in [6.07, 6.45) is 5.38. The molecule has 0 aromatic carbocycles. The van der Waals surface area contributed by atoms with Gasteiger partial charge in [0, 0.05) is 40.3 Å². The molecule has 2 aliphatic rings. The van der Waals surface area contributed by atoms with Crippen LogP contribution >= 0.6 is 0 Å². The van der Waals surface area contributed by atoms with E-state index in [1.54, 1.807) is 4.68 Å². The van der Waals surface area contributed by atoms with E-state index in [0.29, 0.717) is 0 Å². The summed E-state index contributed by atoms with van der Waals surface area (Å²) in [6.45, 7) is 2.71. The molecule has 3 rings (SSSR count). The number of hydrogen-bond acceptors (Lipinski definition) is 7. The molecule has 8 nitrogen and oxygen atoms in total. The maximum Gasteiger partial charge on any atom is 0.152 e. The van der Waals surface area contributed by atoms with Gasteiger partial charge in [-0.1, -0.05) is 0 Å². The van der Waals surface area contributed by atoms with Gasteiger partial charge in [0.2, 0.25) is 0 Å². The van der Waals surface area contributed by atoms with Gasteiger partial charge < -0.3 is 14.7 Å². The number of hydrogen-bond donors (Lipinski definition) is 0. The Bertz CT molecular complexity index is 560. The van der Waals surface area contributed by atoms with Crippen molar-refractivity contribution in [2.45, 2.75) is 19.3 Å². The lowest BCUT2D eigenvalue weighted by atomic mass is 10.2. The first-order valence-corrected chi connectivity index (χ1v) is 7.29. The zero-order valence-corrected chi connectivity index (χ0v) is 12.9. The molecule has 0 aliphatic carbocycles. The van der Waals surface area contributed by atoms with Gasteiger partial charge in [0.25, 0.3) is 0 Å². The Hall–Kier alpha value is -2.12. The minimum Gasteiger partial charge on any atom is -0.358 e. The predicted molar refractivity (Wildman–Crippen MR) is 79.2 cm³/mol. The summed E-state index contributed by atoms with van der Waals surface area (Å²) in [5.74, 6) is 2.06. The van der Waals surface area contributed by atoms with Gasteiger partial charge in [-0.25, -0.2) is 9.67 Å². The highest BCUT2D eigenvalue weighted by atomic mass is 15.5. The number of likely N-dealkylation sites (N-methyl/N-ethyl adjacent to an activating group) is 2. The lowest BCUT2D eigenvalue weighted by molar-refractivity contribution is 0.250. The van der Waals surface area contributed by atoms with E-state index in [4.69, 9.17) is 0 Å². The average molecular weight is 290 g/mol. The van der Waals surface area contributed by atoms with Crippen molar-refractivity contribution in [1.82, 2.24) is 34.9 Å². The molecular weight excluding hydrogens is 268 g/mol. The maximum atomic E-state index is 4.54. The molecule has 3 heterocycles. The Labute approximate surface area is 124 Å². The van der Waals surface area contributed by atoms with Gasteiger partial charge in [-0.05, 0) is 23.3 Å². The summed E-state index contributed by atoms with van der Waals surface area (Å²) in [7, 11) is 6.07. The first-order chi connectivity index (χ1) is 10.1. The van der Waals surface area contributed by atoms with Crippen LogP contribution in [0.1, 0.15) is 18.7 Å². The van der Waals surface area contributed by atoms with E-state index < -0.39 is 0 Å². The highest BCUT2D eigenvalue weighted by molar-refractivity contribution is 5.99. The lowest BCUT2D eigenvalue weighted by Gasteiger charge is -2.34. The molecule has 8 heteroatoms. The summed E-state index contributed by atoms with van der Waals surface area (Å²) in [4.78, 5) is 11.3. The zero-order chi connectivity index (χ0) is 14.8. The van der Waals surface area contributed by atoms with Crippen LogP contribution in [0.2, 0.25) is 0 Å². The first-order valence-electron chi connectivity index (χ1n) is 7.29. The predicted octanol–water partition coefficient (Wildman–Crippen LogP) is -0.119. The Balaban J connectivity index is 1.50. The van der Waals surface area contributed by atoms with E-state index in [0.717, 1.165) is 50.8 Å². The van der Waals surface area contributed by atoms with Crippen molar-refractivity contribution >= 4 is 5.84 Å². The molecule has 0 amide bonds. The lowest BCUT2D eigenvalue weighted by Crippen LogP contribution is -2.43. The molecule has 21 heavy (non-hydrogen) atoms. The fourth-order valence-corrected chi connectivity index (χ4v) is 2.72. The zero-order valence-electron chi connectivity index (χ0n) is 12.9. The second-order valence-electron chi connectivity index (χ2n) is 5.66. The number of unbranched alkanes of at least 4 members (excludes halogenated alkanes) is 1. The van der Waals surface area contributed by atoms with Crippen LogP contribution < -0.4 is 0 Å². The van der Waals surface area contributed by atoms with Gasteiger partial charge in [-0.2, -0.15) is 0 Å². The van der Waals surface area contributed by atoms with Crippen LogP contribution in [0, 0.1) is 0 Å². The van der Waals surface area contributed by atoms with Gasteiger partial charge >= 0.3 is 0 Å². The fourth-order valence-electron chi connectivity index (χ4n) is 2.72. The van der Waals surface area contributed by atoms with E-state index in [1.165, 1.54) is 5.70 Å². The second-order valence-corrected chi connectivity index (χ2v) is 5.66. The highest BCUT2D eigenvalue weighted by Gasteiger charge is 2.27. The minimum absolute atomic E-state index is 0.762. The molecule has 1 aromatic rings. The van der Waals surface area contributed by atoms with Gasteiger partial charge in [0.15, 0.2) is 11.7 Å². The molecule has 0 bridgehead atoms. The summed E-state index contributed by atoms with van der Waals surface area (Å²) in [5, 5.41) is 11.5. The van der Waals surface area contributed by atoms with Crippen LogP contribution in [0.3, 0.4) is 0 Å². The second kappa shape index (κ2) is 5.71. The molecular formula is C13H22N8. The number of rotatable bonds is 5. The fraction of sp³-hybridized carbons (Fsp3) is 0.692. The number of aromatic nitrogens is 4. The van der Waals surface area contributed by atoms with Crippen molar-refractivity contribution in [3.05, 3.63) is 17.7 Å². The van der Waals surface area contributed by atoms with Crippen LogP contribution in [-0.2, 0) is 13.5 Å². The maximum absolute atomic E-state index is 4.54. The monoisotopic (exact) mass is 290 g/mol. The molecule has 0 N–H and O–H groups in total. The summed E-state index contributed by atoms with van der Waals surface area (Å²) >= 11 is 0. The molecule has 114 valence electrons. The number of tetrazole rings is 1. The Morgan fingerprint density at radius 3 is 2.76 bits per heavy atom. The number of nitrogens with zero attached hydrogens (tertiary/aromatic N) is 8. The van der Waals surface area contributed by atoms with Gasteiger partial charge in [0.1, 0.15) is 6.67 Å². The quantitative estimate of drug-likeness (QED) is 0.705. The van der Waals surface area contributed by atoms with Crippen LogP contribution in [0.15, 0.2) is 16.9 Å². The Kier molecular flexibility index (Phi) is 3.76. The molecule has 0 spiro atoms. The largest absolute Gasteiger partial charge is 0.358 e. The van der Waals surface area contributed by atoms with E-state index in [9.17, 15) is 0 Å². The van der Waals surface area contributed by atoms with Crippen molar-refractivity contribution in [3.8, 4) is 0 Å². The smallest absolute Gasteiger partial charge is 0.152 e. The minimum atomic E-state index is 0.762. The summed E-state index contributed by atoms with van der Waals surface area (Å²) in [6, 6.07) is 0. The van der Waals surface area contributed by atoms with Crippen LogP contribution in [0.5, 0.6) is 0 Å². The molecule has 0 unspecified atom stereocenters. The van der Waals surface area contributed by atoms with Crippen molar-refractivity contribution < 1.29 is 0 Å². The summed E-state index contributed by atoms with van der Waals surface area (Å²) in [5.41, 5.74) is 1.22. The third-order valence-electron chi connectivity index (χ3n) is 3.94. The normalized spacial score (nSPS) is 18.0. The number of aliphatic imine (C=N–C) groups is 1. The van der Waals surface area contributed by atoms with Crippen LogP contribution in [-0.4, -0.2) is 74.7 Å². The third-order valence-corrected chi connectivity index (χ3v) is 3.94. The molecule has 1 aromatic heterocycles. The third kappa shape index (κ3) is 2.84. The van der Waals surface area contributed by atoms with Crippen LogP contribution in [0.4, 0.5) is 0 Å². The standard InChI is InChI=1S/C13H22N8/c1-18-9-14-13-11(18)8-21(10-19(13)2)7-5-4-6-12-15-16-17-20(12)3/h8H,4-7,9-10H2,1-3H3. The van der Waals surface area contributed by atoms with E-state index in [-0.39, 0.29) is 0 Å². The molecule has 2 aliphatic heterocycles. The average Bonchev–Trinajstić information content (AvgIpc) is 3.03. The van der Waals surface area contributed by atoms with Crippen LogP contribution in [0.25, 0.3) is 0 Å². The van der Waals surface area contributed by atoms with Gasteiger partial charge in [-0.3, -0.25) is 0 Å². The topological polar surface area (TPSA) is 65.7 Å². The highest BCUT2D eigenvalue weighted by Crippen LogP contribution is 2.20. The number of aryl methyl sites for hydroxylation is 2. The van der Waals surface area contributed by atoms with Crippen molar-refractivity contribution in [2.24, 2.45) is 12.0 Å². The van der Waals surface area contributed by atoms with Crippen molar-refractivity contribution in [3.63, 3.8) is 0 Å². The number of fused-ring (bicyclic) bond motifs is 1. The van der Waals surface area contributed by atoms with E-state index >= 15 is 0 Å². The first kappa shape index (κ1) is 13.8. The molecule has 0 radical (unpaired) electrons. The van der Waals surface area contributed by atoms with Crippen molar-refractivity contribution in [1.29, 1.82) is 0 Å². The summed E-state index contributed by atoms with van der Waals surface area (Å²) < 4.78 is 1.74. The van der Waals surface area contributed by atoms with Gasteiger partial charge in [0.05, 0.1) is 12.4 Å². The van der Waals surface area contributed by atoms with Gasteiger partial charge in [-0.15, -0.1) is 5.10 Å². The van der Waals surface area contributed by atoms with E-state index in [2.05, 4.69) is 55.5 Å². The number of amidine groups is 1. The van der Waals surface area contributed by atoms with Crippen molar-refractivity contribution in [2.75, 3.05) is 34.0 Å².